The highest BCUT2D eigenvalue weighted by Gasteiger charge is 2.24. The Morgan fingerprint density at radius 2 is 2.39 bits per heavy atom. The van der Waals surface area contributed by atoms with E-state index >= 15 is 0 Å². The summed E-state index contributed by atoms with van der Waals surface area (Å²) < 4.78 is 11.6. The van der Waals surface area contributed by atoms with Gasteiger partial charge in [0.1, 0.15) is 6.10 Å². The maximum atomic E-state index is 12.3. The lowest BCUT2D eigenvalue weighted by atomic mass is 10.2. The third-order valence-corrected chi connectivity index (χ3v) is 4.57. The molecule has 118 valence electrons. The molecule has 23 heavy (non-hydrogen) atoms. The van der Waals surface area contributed by atoms with Crippen LogP contribution in [0.15, 0.2) is 28.2 Å². The standard InChI is InChI=1S/C15H14N4O3S/c20-14(9-3-1-4-10-13(9)23-8-17-10)16-7-12-18-15(22-19-12)11-5-2-6-21-11/h1,3-4,8,11H,2,5-7H2,(H,16,20). The second-order valence-corrected chi connectivity index (χ2v) is 6.09. The van der Waals surface area contributed by atoms with Crippen molar-refractivity contribution in [3.8, 4) is 0 Å². The minimum Gasteiger partial charge on any atom is -0.368 e. The number of hydrogen-bond donors (Lipinski definition) is 1. The summed E-state index contributed by atoms with van der Waals surface area (Å²) in [5.74, 6) is 0.750. The molecule has 4 rings (SSSR count). The van der Waals surface area contributed by atoms with Gasteiger partial charge in [0.15, 0.2) is 5.82 Å². The van der Waals surface area contributed by atoms with Gasteiger partial charge in [-0.1, -0.05) is 11.2 Å². The van der Waals surface area contributed by atoms with Crippen molar-refractivity contribution in [1.29, 1.82) is 0 Å². The SMILES string of the molecule is O=C(NCc1noc(C2CCCO2)n1)c1cccc2ncsc12. The van der Waals surface area contributed by atoms with Crippen LogP contribution in [-0.2, 0) is 11.3 Å². The van der Waals surface area contributed by atoms with Crippen LogP contribution >= 0.6 is 11.3 Å². The number of carbonyl (C=O) groups excluding carboxylic acids is 1. The molecule has 3 aromatic rings. The molecular weight excluding hydrogens is 316 g/mol. The first-order valence-electron chi connectivity index (χ1n) is 7.36. The molecule has 0 aliphatic carbocycles. The minimum absolute atomic E-state index is 0.113. The van der Waals surface area contributed by atoms with Gasteiger partial charge in [-0.05, 0) is 25.0 Å². The average Bonchev–Trinajstić information content (AvgIpc) is 3.32. The van der Waals surface area contributed by atoms with Gasteiger partial charge in [0.25, 0.3) is 11.8 Å². The summed E-state index contributed by atoms with van der Waals surface area (Å²) in [6, 6.07) is 5.49. The van der Waals surface area contributed by atoms with Gasteiger partial charge in [-0.2, -0.15) is 4.98 Å². The number of aromatic nitrogens is 3. The lowest BCUT2D eigenvalue weighted by Gasteiger charge is -2.03. The normalized spacial score (nSPS) is 17.7. The van der Waals surface area contributed by atoms with E-state index in [4.69, 9.17) is 9.26 Å². The Morgan fingerprint density at radius 1 is 1.43 bits per heavy atom. The van der Waals surface area contributed by atoms with Crippen LogP contribution in [0, 0.1) is 0 Å². The molecule has 3 heterocycles. The zero-order valence-corrected chi connectivity index (χ0v) is 13.0. The van der Waals surface area contributed by atoms with Gasteiger partial charge < -0.3 is 14.6 Å². The molecule has 1 aromatic carbocycles. The number of ether oxygens (including phenoxy) is 1. The largest absolute Gasteiger partial charge is 0.368 e. The van der Waals surface area contributed by atoms with Crippen LogP contribution < -0.4 is 5.32 Å². The lowest BCUT2D eigenvalue weighted by molar-refractivity contribution is 0.0835. The lowest BCUT2D eigenvalue weighted by Crippen LogP contribution is -2.23. The molecule has 1 fully saturated rings. The molecule has 1 unspecified atom stereocenters. The van der Waals surface area contributed by atoms with Gasteiger partial charge in [0.05, 0.1) is 27.8 Å². The zero-order valence-electron chi connectivity index (χ0n) is 12.2. The number of benzene rings is 1. The molecule has 1 amide bonds. The Labute approximate surface area is 135 Å². The van der Waals surface area contributed by atoms with Crippen molar-refractivity contribution in [3.63, 3.8) is 0 Å². The number of fused-ring (bicyclic) bond motifs is 1. The van der Waals surface area contributed by atoms with Crippen molar-refractivity contribution in [2.75, 3.05) is 6.61 Å². The fourth-order valence-corrected chi connectivity index (χ4v) is 3.36. The number of rotatable bonds is 4. The molecule has 8 heteroatoms. The van der Waals surface area contributed by atoms with Gasteiger partial charge in [-0.3, -0.25) is 4.79 Å². The average molecular weight is 330 g/mol. The topological polar surface area (TPSA) is 90.1 Å². The van der Waals surface area contributed by atoms with Crippen molar-refractivity contribution in [1.82, 2.24) is 20.4 Å². The molecule has 0 radical (unpaired) electrons. The maximum Gasteiger partial charge on any atom is 0.255 e. The molecule has 1 aliphatic rings. The van der Waals surface area contributed by atoms with E-state index in [-0.39, 0.29) is 18.6 Å². The number of nitrogens with one attached hydrogen (secondary N) is 1. The molecule has 1 saturated heterocycles. The molecule has 0 bridgehead atoms. The first kappa shape index (κ1) is 14.3. The Hall–Kier alpha value is -2.32. The Balaban J connectivity index is 1.44. The van der Waals surface area contributed by atoms with E-state index in [1.807, 2.05) is 12.1 Å². The van der Waals surface area contributed by atoms with Gasteiger partial charge >= 0.3 is 0 Å². The summed E-state index contributed by atoms with van der Waals surface area (Å²) in [7, 11) is 0. The van der Waals surface area contributed by atoms with E-state index in [1.165, 1.54) is 11.3 Å². The second kappa shape index (κ2) is 6.05. The predicted octanol–water partition coefficient (Wildman–Crippen LogP) is 2.46. The highest BCUT2D eigenvalue weighted by atomic mass is 32.1. The molecule has 1 aliphatic heterocycles. The number of carbonyl (C=O) groups is 1. The predicted molar refractivity (Wildman–Crippen MR) is 83.0 cm³/mol. The Bertz CT molecular complexity index is 838. The van der Waals surface area contributed by atoms with Crippen molar-refractivity contribution < 1.29 is 14.1 Å². The Kier molecular flexibility index (Phi) is 3.76. The molecule has 2 aromatic heterocycles. The Morgan fingerprint density at radius 3 is 3.26 bits per heavy atom. The number of hydrogen-bond acceptors (Lipinski definition) is 7. The van der Waals surface area contributed by atoms with Crippen LogP contribution in [-0.4, -0.2) is 27.6 Å². The van der Waals surface area contributed by atoms with Gasteiger partial charge in [-0.15, -0.1) is 11.3 Å². The van der Waals surface area contributed by atoms with Crippen molar-refractivity contribution >= 4 is 27.5 Å². The highest BCUT2D eigenvalue weighted by Crippen LogP contribution is 2.27. The first-order chi connectivity index (χ1) is 11.3. The molecular formula is C15H14N4O3S. The number of thiazole rings is 1. The van der Waals surface area contributed by atoms with Crippen LogP contribution in [0.1, 0.15) is 41.0 Å². The summed E-state index contributed by atoms with van der Waals surface area (Å²) >= 11 is 1.45. The molecule has 0 saturated carbocycles. The first-order valence-corrected chi connectivity index (χ1v) is 8.24. The van der Waals surface area contributed by atoms with Crippen LogP contribution in [0.2, 0.25) is 0 Å². The molecule has 1 N–H and O–H groups in total. The number of nitrogens with zero attached hydrogens (tertiary/aromatic N) is 3. The van der Waals surface area contributed by atoms with Crippen molar-refractivity contribution in [2.45, 2.75) is 25.5 Å². The summed E-state index contributed by atoms with van der Waals surface area (Å²) in [5, 5.41) is 6.70. The highest BCUT2D eigenvalue weighted by molar-refractivity contribution is 7.17. The van der Waals surface area contributed by atoms with Gasteiger partial charge in [0, 0.05) is 6.61 Å². The summed E-state index contributed by atoms with van der Waals surface area (Å²) in [6.45, 7) is 0.933. The molecule has 0 spiro atoms. The third kappa shape index (κ3) is 2.82. The second-order valence-electron chi connectivity index (χ2n) is 5.24. The van der Waals surface area contributed by atoms with E-state index in [2.05, 4.69) is 20.4 Å². The zero-order chi connectivity index (χ0) is 15.6. The maximum absolute atomic E-state index is 12.3. The fourth-order valence-electron chi connectivity index (χ4n) is 2.56. The van der Waals surface area contributed by atoms with E-state index < -0.39 is 0 Å². The van der Waals surface area contributed by atoms with Crippen molar-refractivity contribution in [3.05, 3.63) is 41.0 Å². The quantitative estimate of drug-likeness (QED) is 0.790. The molecule has 7 nitrogen and oxygen atoms in total. The van der Waals surface area contributed by atoms with E-state index in [1.54, 1.807) is 11.6 Å². The van der Waals surface area contributed by atoms with Crippen LogP contribution in [0.25, 0.3) is 10.2 Å². The number of amides is 1. The van der Waals surface area contributed by atoms with E-state index in [9.17, 15) is 4.79 Å². The van der Waals surface area contributed by atoms with Gasteiger partial charge in [0.2, 0.25) is 0 Å². The van der Waals surface area contributed by atoms with Crippen LogP contribution in [0.5, 0.6) is 0 Å². The van der Waals surface area contributed by atoms with E-state index in [0.717, 1.165) is 29.7 Å². The third-order valence-electron chi connectivity index (χ3n) is 3.70. The monoisotopic (exact) mass is 330 g/mol. The summed E-state index contributed by atoms with van der Waals surface area (Å²) in [5.41, 5.74) is 3.16. The molecule has 1 atom stereocenters. The fraction of sp³-hybridized carbons (Fsp3) is 0.333. The summed E-state index contributed by atoms with van der Waals surface area (Å²) in [6.07, 6.45) is 1.78. The summed E-state index contributed by atoms with van der Waals surface area (Å²) in [4.78, 5) is 20.8. The van der Waals surface area contributed by atoms with Gasteiger partial charge in [-0.25, -0.2) is 4.98 Å². The smallest absolute Gasteiger partial charge is 0.255 e. The van der Waals surface area contributed by atoms with Crippen molar-refractivity contribution in [2.24, 2.45) is 0 Å². The van der Waals surface area contributed by atoms with Crippen LogP contribution in [0.3, 0.4) is 0 Å². The van der Waals surface area contributed by atoms with Crippen LogP contribution in [0.4, 0.5) is 0 Å². The minimum atomic E-state index is -0.177. The van der Waals surface area contributed by atoms with E-state index in [0.29, 0.717) is 17.3 Å².